The molecular weight excluding hydrogens is 382 g/mol. The highest BCUT2D eigenvalue weighted by Crippen LogP contribution is 2.16. The first-order chi connectivity index (χ1) is 10.1. The molecule has 1 amide bonds. The lowest BCUT2D eigenvalue weighted by molar-refractivity contribution is -0.885. The molecule has 3 nitrogen and oxygen atoms in total. The van der Waals surface area contributed by atoms with E-state index in [0.29, 0.717) is 18.7 Å². The first-order valence-electron chi connectivity index (χ1n) is 6.65. The normalized spacial score (nSPS) is 12.0. The van der Waals surface area contributed by atoms with Crippen LogP contribution in [0.2, 0.25) is 0 Å². The second kappa shape index (κ2) is 7.51. The summed E-state index contributed by atoms with van der Waals surface area (Å²) in [6.07, 6.45) is 0. The molecule has 0 saturated carbocycles. The van der Waals surface area contributed by atoms with Gasteiger partial charge in [0.25, 0.3) is 5.91 Å². The number of quaternary nitrogens is 1. The molecule has 2 aromatic carbocycles. The van der Waals surface area contributed by atoms with E-state index in [1.54, 1.807) is 18.2 Å². The van der Waals surface area contributed by atoms with Crippen molar-refractivity contribution in [3.63, 3.8) is 0 Å². The lowest BCUT2D eigenvalue weighted by Gasteiger charge is -2.14. The molecule has 2 N–H and O–H groups in total. The molecule has 0 heterocycles. The number of hydrogen-bond acceptors (Lipinski definition) is 1. The maximum Gasteiger partial charge on any atom is 0.279 e. The van der Waals surface area contributed by atoms with Crippen LogP contribution >= 0.6 is 22.6 Å². The summed E-state index contributed by atoms with van der Waals surface area (Å²) >= 11 is 2.18. The number of nitrogens with one attached hydrogen (secondary N) is 2. The Morgan fingerprint density at radius 2 is 1.86 bits per heavy atom. The van der Waals surface area contributed by atoms with Gasteiger partial charge in [-0.3, -0.25) is 4.79 Å². The second-order valence-corrected chi connectivity index (χ2v) is 6.09. The van der Waals surface area contributed by atoms with Gasteiger partial charge in [-0.1, -0.05) is 30.3 Å². The Hall–Kier alpha value is -1.47. The van der Waals surface area contributed by atoms with Gasteiger partial charge >= 0.3 is 0 Å². The number of carbonyl (C=O) groups excluding carboxylic acids is 1. The maximum absolute atomic E-state index is 13.6. The number of hydrogen-bond donors (Lipinski definition) is 2. The standard InChI is InChI=1S/C16H16FIN2O/c1-20(10-12-6-2-3-7-13(12)17)11-16(21)19-15-9-5-4-8-14(15)18/h2-9H,10-11H2,1H3,(H,19,21)/p+1. The predicted octanol–water partition coefficient (Wildman–Crippen LogP) is 2.08. The van der Waals surface area contributed by atoms with Crippen molar-refractivity contribution >= 4 is 34.2 Å². The van der Waals surface area contributed by atoms with Gasteiger partial charge in [-0.25, -0.2) is 4.39 Å². The van der Waals surface area contributed by atoms with Gasteiger partial charge in [-0.2, -0.15) is 0 Å². The zero-order valence-corrected chi connectivity index (χ0v) is 13.9. The van der Waals surface area contributed by atoms with Crippen LogP contribution in [0.3, 0.4) is 0 Å². The van der Waals surface area contributed by atoms with E-state index in [2.05, 4.69) is 27.9 Å². The van der Waals surface area contributed by atoms with Crippen molar-refractivity contribution in [2.75, 3.05) is 18.9 Å². The molecule has 0 fully saturated rings. The van der Waals surface area contributed by atoms with Crippen LogP contribution in [-0.4, -0.2) is 19.5 Å². The smallest absolute Gasteiger partial charge is 0.279 e. The van der Waals surface area contributed by atoms with Crippen molar-refractivity contribution in [3.05, 3.63) is 63.5 Å². The number of carbonyl (C=O) groups is 1. The Morgan fingerprint density at radius 3 is 2.57 bits per heavy atom. The number of halogens is 2. The van der Waals surface area contributed by atoms with E-state index in [9.17, 15) is 9.18 Å². The van der Waals surface area contributed by atoms with Crippen molar-refractivity contribution in [2.24, 2.45) is 0 Å². The number of anilines is 1. The third-order valence-corrected chi connectivity index (χ3v) is 4.00. The van der Waals surface area contributed by atoms with Crippen LogP contribution in [0, 0.1) is 9.39 Å². The van der Waals surface area contributed by atoms with Crippen LogP contribution in [0.25, 0.3) is 0 Å². The van der Waals surface area contributed by atoms with Gasteiger partial charge in [0.05, 0.1) is 12.7 Å². The van der Waals surface area contributed by atoms with E-state index in [0.717, 1.165) is 14.2 Å². The monoisotopic (exact) mass is 399 g/mol. The molecule has 21 heavy (non-hydrogen) atoms. The van der Waals surface area contributed by atoms with Crippen LogP contribution in [0.4, 0.5) is 10.1 Å². The molecule has 0 radical (unpaired) electrons. The van der Waals surface area contributed by atoms with Crippen molar-refractivity contribution in [2.45, 2.75) is 6.54 Å². The van der Waals surface area contributed by atoms with Gasteiger partial charge in [0, 0.05) is 9.13 Å². The molecule has 1 atom stereocenters. The van der Waals surface area contributed by atoms with E-state index in [-0.39, 0.29) is 11.7 Å². The lowest BCUT2D eigenvalue weighted by atomic mass is 10.2. The minimum Gasteiger partial charge on any atom is -0.326 e. The lowest BCUT2D eigenvalue weighted by Crippen LogP contribution is -3.08. The van der Waals surface area contributed by atoms with Gasteiger partial charge < -0.3 is 10.2 Å². The highest BCUT2D eigenvalue weighted by Gasteiger charge is 2.13. The third-order valence-electron chi connectivity index (χ3n) is 3.06. The van der Waals surface area contributed by atoms with Crippen LogP contribution < -0.4 is 10.2 Å². The molecule has 1 unspecified atom stereocenters. The van der Waals surface area contributed by atoms with Crippen LogP contribution in [0.5, 0.6) is 0 Å². The Bertz CT molecular complexity index is 633. The SMILES string of the molecule is C[NH+](CC(=O)Nc1ccccc1I)Cc1ccccc1F. The number of likely N-dealkylation sites (N-methyl/N-ethyl adjacent to an activating group) is 1. The van der Waals surface area contributed by atoms with E-state index < -0.39 is 0 Å². The average Bonchev–Trinajstić information content (AvgIpc) is 2.44. The summed E-state index contributed by atoms with van der Waals surface area (Å²) in [6.45, 7) is 0.769. The summed E-state index contributed by atoms with van der Waals surface area (Å²) in [5, 5.41) is 2.88. The summed E-state index contributed by atoms with van der Waals surface area (Å²) in [4.78, 5) is 13.0. The molecule has 2 aromatic rings. The Balaban J connectivity index is 1.91. The van der Waals surface area contributed by atoms with E-state index in [1.165, 1.54) is 6.07 Å². The van der Waals surface area contributed by atoms with E-state index >= 15 is 0 Å². The summed E-state index contributed by atoms with van der Waals surface area (Å²) < 4.78 is 14.6. The maximum atomic E-state index is 13.6. The summed E-state index contributed by atoms with van der Waals surface area (Å²) in [5.41, 5.74) is 1.43. The zero-order valence-electron chi connectivity index (χ0n) is 11.7. The molecule has 0 saturated heterocycles. The highest BCUT2D eigenvalue weighted by atomic mass is 127. The van der Waals surface area contributed by atoms with Gasteiger partial charge in [0.15, 0.2) is 6.54 Å². The quantitative estimate of drug-likeness (QED) is 0.742. The number of benzene rings is 2. The van der Waals surface area contributed by atoms with Gasteiger partial charge in [0.2, 0.25) is 0 Å². The summed E-state index contributed by atoms with van der Waals surface area (Å²) in [5.74, 6) is -0.303. The minimum atomic E-state index is -0.227. The molecule has 0 aromatic heterocycles. The van der Waals surface area contributed by atoms with Crippen LogP contribution in [0.15, 0.2) is 48.5 Å². The molecular formula is C16H17FIN2O+. The Labute approximate surface area is 137 Å². The fourth-order valence-electron chi connectivity index (χ4n) is 2.06. The first kappa shape index (κ1) is 15.9. The first-order valence-corrected chi connectivity index (χ1v) is 7.73. The molecule has 0 aliphatic rings. The largest absolute Gasteiger partial charge is 0.326 e. The number of para-hydroxylation sites is 1. The Kier molecular flexibility index (Phi) is 5.69. The van der Waals surface area contributed by atoms with Crippen molar-refractivity contribution in [3.8, 4) is 0 Å². The number of rotatable bonds is 5. The van der Waals surface area contributed by atoms with Crippen molar-refractivity contribution in [1.29, 1.82) is 0 Å². The Morgan fingerprint density at radius 1 is 1.19 bits per heavy atom. The molecule has 2 rings (SSSR count). The topological polar surface area (TPSA) is 33.5 Å². The summed E-state index contributed by atoms with van der Waals surface area (Å²) in [7, 11) is 1.88. The van der Waals surface area contributed by atoms with Gasteiger partial charge in [-0.15, -0.1) is 0 Å². The van der Waals surface area contributed by atoms with Crippen molar-refractivity contribution < 1.29 is 14.1 Å². The predicted molar refractivity (Wildman–Crippen MR) is 89.6 cm³/mol. The van der Waals surface area contributed by atoms with E-state index in [1.807, 2.05) is 31.3 Å². The average molecular weight is 399 g/mol. The minimum absolute atomic E-state index is 0.0760. The molecule has 0 bridgehead atoms. The highest BCUT2D eigenvalue weighted by molar-refractivity contribution is 14.1. The third kappa shape index (κ3) is 4.78. The van der Waals surface area contributed by atoms with Crippen LogP contribution in [0.1, 0.15) is 5.56 Å². The molecule has 0 spiro atoms. The fourth-order valence-corrected chi connectivity index (χ4v) is 2.58. The second-order valence-electron chi connectivity index (χ2n) is 4.93. The molecule has 5 heteroatoms. The fraction of sp³-hybridized carbons (Fsp3) is 0.188. The molecule has 0 aliphatic heterocycles. The van der Waals surface area contributed by atoms with Gasteiger partial charge in [0.1, 0.15) is 12.4 Å². The molecule has 110 valence electrons. The van der Waals surface area contributed by atoms with E-state index in [4.69, 9.17) is 0 Å². The number of amides is 1. The van der Waals surface area contributed by atoms with Crippen LogP contribution in [-0.2, 0) is 11.3 Å². The molecule has 0 aliphatic carbocycles. The summed E-state index contributed by atoms with van der Waals surface area (Å²) in [6, 6.07) is 14.3. The van der Waals surface area contributed by atoms with Crippen molar-refractivity contribution in [1.82, 2.24) is 0 Å². The van der Waals surface area contributed by atoms with Gasteiger partial charge in [-0.05, 0) is 40.8 Å². The zero-order chi connectivity index (χ0) is 15.2.